The average molecular weight is 583 g/mol. The van der Waals surface area contributed by atoms with E-state index in [2.05, 4.69) is 5.32 Å². The van der Waals surface area contributed by atoms with Crippen molar-refractivity contribution in [3.8, 4) is 5.75 Å². The van der Waals surface area contributed by atoms with Crippen molar-refractivity contribution < 1.29 is 22.7 Å². The highest BCUT2D eigenvalue weighted by Crippen LogP contribution is 2.32. The van der Waals surface area contributed by atoms with Gasteiger partial charge in [-0.05, 0) is 67.1 Å². The third-order valence-corrected chi connectivity index (χ3v) is 8.11. The maximum Gasteiger partial charge on any atom is 0.268 e. The number of carbonyl (C=O) groups excluding carboxylic acids is 2. The van der Waals surface area contributed by atoms with Crippen LogP contribution in [0.25, 0.3) is 0 Å². The molecule has 7 nitrogen and oxygen atoms in total. The van der Waals surface area contributed by atoms with E-state index in [0.717, 1.165) is 4.31 Å². The second-order valence-electron chi connectivity index (χ2n) is 8.58. The summed E-state index contributed by atoms with van der Waals surface area (Å²) in [5.74, 6) is -0.891. The molecule has 0 fully saturated rings. The van der Waals surface area contributed by atoms with E-state index >= 15 is 0 Å². The lowest BCUT2D eigenvalue weighted by atomic mass is 10.0. The SMILES string of the molecule is COc1ccc(C)cc1S(=O)(=O)N(CC(=O)Nc1ccc(Cl)cc1C(=O)c1ccccc1)c1ccc(Cl)cc1. The summed E-state index contributed by atoms with van der Waals surface area (Å²) in [5.41, 5.74) is 1.69. The summed E-state index contributed by atoms with van der Waals surface area (Å²) in [4.78, 5) is 26.4. The van der Waals surface area contributed by atoms with E-state index in [4.69, 9.17) is 27.9 Å². The van der Waals surface area contributed by atoms with Crippen LogP contribution in [-0.4, -0.2) is 33.8 Å². The van der Waals surface area contributed by atoms with Crippen LogP contribution in [0.5, 0.6) is 5.75 Å². The van der Waals surface area contributed by atoms with E-state index in [1.54, 1.807) is 49.4 Å². The lowest BCUT2D eigenvalue weighted by Gasteiger charge is -2.25. The van der Waals surface area contributed by atoms with E-state index in [0.29, 0.717) is 21.2 Å². The number of hydrogen-bond donors (Lipinski definition) is 1. The molecule has 4 aromatic carbocycles. The van der Waals surface area contributed by atoms with Crippen LogP contribution in [-0.2, 0) is 14.8 Å². The Hall–Kier alpha value is -3.85. The van der Waals surface area contributed by atoms with E-state index < -0.39 is 22.5 Å². The maximum absolute atomic E-state index is 13.9. The first-order valence-electron chi connectivity index (χ1n) is 11.7. The smallest absolute Gasteiger partial charge is 0.268 e. The number of anilines is 2. The summed E-state index contributed by atoms with van der Waals surface area (Å²) in [6, 6.07) is 23.8. The molecule has 1 N–H and O–H groups in total. The predicted molar refractivity (Wildman–Crippen MR) is 154 cm³/mol. The van der Waals surface area contributed by atoms with Gasteiger partial charge in [0.25, 0.3) is 10.0 Å². The Morgan fingerprint density at radius 2 is 1.54 bits per heavy atom. The fourth-order valence-electron chi connectivity index (χ4n) is 3.91. The first kappa shape index (κ1) is 28.2. The molecule has 0 heterocycles. The molecule has 0 aliphatic carbocycles. The van der Waals surface area contributed by atoms with Crippen LogP contribution < -0.4 is 14.4 Å². The lowest BCUT2D eigenvalue weighted by molar-refractivity contribution is -0.114. The minimum atomic E-state index is -4.28. The van der Waals surface area contributed by atoms with Gasteiger partial charge < -0.3 is 10.1 Å². The summed E-state index contributed by atoms with van der Waals surface area (Å²) < 4.78 is 34.1. The molecule has 0 spiro atoms. The van der Waals surface area contributed by atoms with Gasteiger partial charge in [-0.1, -0.05) is 59.6 Å². The van der Waals surface area contributed by atoms with Crippen molar-refractivity contribution in [2.45, 2.75) is 11.8 Å². The number of ether oxygens (including phenoxy) is 1. The number of nitrogens with one attached hydrogen (secondary N) is 1. The molecule has 200 valence electrons. The molecule has 0 atom stereocenters. The van der Waals surface area contributed by atoms with Crippen LogP contribution in [0.4, 0.5) is 11.4 Å². The Labute approximate surface area is 237 Å². The number of ketones is 1. The summed E-state index contributed by atoms with van der Waals surface area (Å²) in [6.45, 7) is 1.16. The topological polar surface area (TPSA) is 92.8 Å². The number of hydrogen-bond acceptors (Lipinski definition) is 5. The van der Waals surface area contributed by atoms with Crippen molar-refractivity contribution in [3.63, 3.8) is 0 Å². The molecule has 0 aromatic heterocycles. The minimum Gasteiger partial charge on any atom is -0.495 e. The van der Waals surface area contributed by atoms with E-state index in [1.165, 1.54) is 55.6 Å². The van der Waals surface area contributed by atoms with Crippen LogP contribution in [0.1, 0.15) is 21.5 Å². The van der Waals surface area contributed by atoms with Crippen molar-refractivity contribution in [3.05, 3.63) is 118 Å². The molecule has 0 radical (unpaired) electrons. The molecule has 4 rings (SSSR count). The monoisotopic (exact) mass is 582 g/mol. The third kappa shape index (κ3) is 6.42. The number of amides is 1. The fourth-order valence-corrected chi connectivity index (χ4v) is 5.87. The normalized spacial score (nSPS) is 11.1. The van der Waals surface area contributed by atoms with Gasteiger partial charge in [-0.25, -0.2) is 8.42 Å². The molecule has 0 aliphatic rings. The number of halogens is 2. The van der Waals surface area contributed by atoms with Gasteiger partial charge in [0.2, 0.25) is 5.91 Å². The predicted octanol–water partition coefficient (Wildman–Crippen LogP) is 6.38. The van der Waals surface area contributed by atoms with Crippen molar-refractivity contribution in [2.75, 3.05) is 23.3 Å². The van der Waals surface area contributed by atoms with Crippen molar-refractivity contribution in [1.82, 2.24) is 0 Å². The van der Waals surface area contributed by atoms with Gasteiger partial charge in [-0.15, -0.1) is 0 Å². The average Bonchev–Trinajstić information content (AvgIpc) is 2.93. The van der Waals surface area contributed by atoms with Gasteiger partial charge in [0.05, 0.1) is 18.5 Å². The van der Waals surface area contributed by atoms with E-state index in [9.17, 15) is 18.0 Å². The van der Waals surface area contributed by atoms with Crippen molar-refractivity contribution in [2.24, 2.45) is 0 Å². The number of carbonyl (C=O) groups is 2. The van der Waals surface area contributed by atoms with Gasteiger partial charge in [0.1, 0.15) is 17.2 Å². The fraction of sp³-hybridized carbons (Fsp3) is 0.103. The zero-order valence-electron chi connectivity index (χ0n) is 21.0. The molecular formula is C29H24Cl2N2O5S. The Bertz CT molecular complexity index is 1630. The zero-order chi connectivity index (χ0) is 28.2. The van der Waals surface area contributed by atoms with Crippen LogP contribution in [0.2, 0.25) is 10.0 Å². The summed E-state index contributed by atoms with van der Waals surface area (Å²) in [5, 5.41) is 3.39. The standard InChI is InChI=1S/C29H24Cl2N2O5S/c1-19-8-15-26(38-2)27(16-19)39(36,37)33(23-12-9-21(30)10-13-23)18-28(34)32-25-14-11-22(31)17-24(25)29(35)20-6-4-3-5-7-20/h3-17H,18H2,1-2H3,(H,32,34). The second kappa shape index (κ2) is 11.9. The Kier molecular flexibility index (Phi) is 8.60. The Balaban J connectivity index is 1.71. The molecule has 39 heavy (non-hydrogen) atoms. The van der Waals surface area contributed by atoms with Gasteiger partial charge in [-0.3, -0.25) is 13.9 Å². The summed E-state index contributed by atoms with van der Waals surface area (Å²) in [6.07, 6.45) is 0. The van der Waals surface area contributed by atoms with Crippen LogP contribution in [0, 0.1) is 6.92 Å². The molecule has 10 heteroatoms. The largest absolute Gasteiger partial charge is 0.495 e. The van der Waals surface area contributed by atoms with Crippen LogP contribution in [0.15, 0.2) is 95.9 Å². The highest BCUT2D eigenvalue weighted by atomic mass is 35.5. The van der Waals surface area contributed by atoms with Crippen LogP contribution >= 0.6 is 23.2 Å². The maximum atomic E-state index is 13.9. The second-order valence-corrected chi connectivity index (χ2v) is 11.3. The first-order chi connectivity index (χ1) is 18.6. The number of nitrogens with zero attached hydrogens (tertiary/aromatic N) is 1. The first-order valence-corrected chi connectivity index (χ1v) is 13.9. The number of sulfonamides is 1. The molecular weight excluding hydrogens is 559 g/mol. The molecule has 0 saturated heterocycles. The Morgan fingerprint density at radius 3 is 2.21 bits per heavy atom. The number of aryl methyl sites for hydroxylation is 1. The van der Waals surface area contributed by atoms with E-state index in [1.807, 2.05) is 0 Å². The van der Waals surface area contributed by atoms with Crippen molar-refractivity contribution in [1.29, 1.82) is 0 Å². The van der Waals surface area contributed by atoms with Gasteiger partial charge in [0.15, 0.2) is 5.78 Å². The zero-order valence-corrected chi connectivity index (χ0v) is 23.3. The summed E-state index contributed by atoms with van der Waals surface area (Å²) >= 11 is 12.2. The molecule has 1 amide bonds. The quantitative estimate of drug-likeness (QED) is 0.231. The number of benzene rings is 4. The molecule has 0 saturated carbocycles. The molecule has 0 bridgehead atoms. The van der Waals surface area contributed by atoms with Gasteiger partial charge in [0, 0.05) is 21.2 Å². The number of rotatable bonds is 9. The highest BCUT2D eigenvalue weighted by Gasteiger charge is 2.30. The number of methoxy groups -OCH3 is 1. The summed E-state index contributed by atoms with van der Waals surface area (Å²) in [7, 11) is -2.91. The molecule has 0 aliphatic heterocycles. The molecule has 4 aromatic rings. The molecule has 0 unspecified atom stereocenters. The third-order valence-electron chi connectivity index (χ3n) is 5.83. The van der Waals surface area contributed by atoms with Gasteiger partial charge in [-0.2, -0.15) is 0 Å². The lowest BCUT2D eigenvalue weighted by Crippen LogP contribution is -2.38. The van der Waals surface area contributed by atoms with E-state index in [-0.39, 0.29) is 33.4 Å². The van der Waals surface area contributed by atoms with Crippen molar-refractivity contribution >= 4 is 56.3 Å². The highest BCUT2D eigenvalue weighted by molar-refractivity contribution is 7.93. The minimum absolute atomic E-state index is 0.0980. The van der Waals surface area contributed by atoms with Crippen LogP contribution in [0.3, 0.4) is 0 Å². The van der Waals surface area contributed by atoms with Gasteiger partial charge >= 0.3 is 0 Å². The Morgan fingerprint density at radius 1 is 0.872 bits per heavy atom.